The number of amides is 4. The van der Waals surface area contributed by atoms with Crippen molar-refractivity contribution >= 4 is 57.4 Å². The number of likely N-dealkylation sites (tertiary alicyclic amines) is 1. The lowest BCUT2D eigenvalue weighted by Crippen LogP contribution is -2.55. The molecule has 0 spiro atoms. The Kier molecular flexibility index (Phi) is 14.0. The number of alkyl carbamates (subject to hydrolysis) is 2. The molecule has 3 aromatic carbocycles. The van der Waals surface area contributed by atoms with E-state index in [4.69, 9.17) is 46.9 Å². The maximum atomic E-state index is 14.6. The van der Waals surface area contributed by atoms with Crippen LogP contribution in [0, 0.1) is 41.9 Å². The number of aromatic amines is 2. The number of carbonyl (C=O) groups excluding carboxylic acids is 4. The van der Waals surface area contributed by atoms with E-state index in [1.165, 1.54) is 14.2 Å². The lowest BCUT2D eigenvalue weighted by atomic mass is 9.90. The Balaban J connectivity index is 0.944. The Hall–Kier alpha value is -6.41. The van der Waals surface area contributed by atoms with Crippen molar-refractivity contribution in [1.82, 2.24) is 40.4 Å². The van der Waals surface area contributed by atoms with Crippen LogP contribution >= 0.6 is 11.6 Å². The maximum Gasteiger partial charge on any atom is 0.407 e. The molecule has 1 unspecified atom stereocenters. The molecule has 362 valence electrons. The van der Waals surface area contributed by atoms with Crippen molar-refractivity contribution in [1.29, 1.82) is 0 Å². The minimum atomic E-state index is -0.828. The standard InChI is InChI=1S/C52H59ClN8O8/c1-7-36-29(4)46(36)60(49(62)43(58-51(64)66-5)32-17-21-68-22-18-32)27-41-55-42(47(53)56-41)31-11-9-30(10-12-31)34-13-15-37-35(26-34)14-16-38-45(37)57-48(54-38)40-25-28(3)39(8-2)61(40)50(63)44(59-52(65)67-6)33-19-23-69-24-20-33/h2,7,9-16,26,28-29,32-33,36,39-40,43-44,46H,1,17-25,27H2,3-6H3,(H,54,57)(H,55,56)(H,58,64)(H,59,65)/t28-,29-,36+,39-,40+,43?,44+,46-/m1/s1. The minimum absolute atomic E-state index is 0.0104. The van der Waals surface area contributed by atoms with Crippen molar-refractivity contribution in [2.45, 2.75) is 82.7 Å². The van der Waals surface area contributed by atoms with Gasteiger partial charge in [-0.1, -0.05) is 79.9 Å². The molecule has 8 atom stereocenters. The van der Waals surface area contributed by atoms with Gasteiger partial charge in [0.05, 0.1) is 43.9 Å². The van der Waals surface area contributed by atoms with E-state index < -0.39 is 36.4 Å². The molecule has 69 heavy (non-hydrogen) atoms. The van der Waals surface area contributed by atoms with Crippen LogP contribution in [-0.4, -0.2) is 119 Å². The van der Waals surface area contributed by atoms with Crippen LogP contribution in [-0.2, 0) is 35.1 Å². The molecule has 16 nitrogen and oxygen atoms in total. The molecule has 3 aliphatic heterocycles. The number of hydrogen-bond acceptors (Lipinski definition) is 10. The second-order valence-corrected chi connectivity index (χ2v) is 19.2. The fourth-order valence-electron chi connectivity index (χ4n) is 10.9. The molecule has 5 aromatic rings. The van der Waals surface area contributed by atoms with Crippen LogP contribution in [0.4, 0.5) is 9.59 Å². The fraction of sp³-hybridized carbons (Fsp3) is 0.462. The molecule has 0 bridgehead atoms. The Bertz CT molecular complexity index is 2770. The van der Waals surface area contributed by atoms with E-state index in [1.807, 2.05) is 43.3 Å². The zero-order chi connectivity index (χ0) is 48.5. The lowest BCUT2D eigenvalue weighted by molar-refractivity contribution is -0.138. The predicted octanol–water partition coefficient (Wildman–Crippen LogP) is 7.79. The summed E-state index contributed by atoms with van der Waals surface area (Å²) in [7, 11) is 2.57. The normalized spacial score (nSPS) is 23.7. The highest BCUT2D eigenvalue weighted by Gasteiger charge is 2.52. The second kappa shape index (κ2) is 20.3. The molecule has 17 heteroatoms. The van der Waals surface area contributed by atoms with Gasteiger partial charge >= 0.3 is 12.2 Å². The number of fused-ring (bicyclic) bond motifs is 3. The third kappa shape index (κ3) is 9.52. The van der Waals surface area contributed by atoms with Gasteiger partial charge in [0, 0.05) is 49.3 Å². The minimum Gasteiger partial charge on any atom is -0.453 e. The van der Waals surface area contributed by atoms with Crippen LogP contribution in [0.25, 0.3) is 44.2 Å². The highest BCUT2D eigenvalue weighted by atomic mass is 35.5. The summed E-state index contributed by atoms with van der Waals surface area (Å²) in [5.74, 6) is 3.58. The lowest BCUT2D eigenvalue weighted by Gasteiger charge is -2.35. The van der Waals surface area contributed by atoms with Crippen LogP contribution in [0.3, 0.4) is 0 Å². The number of hydrogen-bond donors (Lipinski definition) is 4. The fourth-order valence-corrected chi connectivity index (χ4v) is 11.1. The molecule has 5 heterocycles. The average molecular weight is 960 g/mol. The summed E-state index contributed by atoms with van der Waals surface area (Å²) < 4.78 is 21.0. The Morgan fingerprint density at radius 3 is 2.14 bits per heavy atom. The van der Waals surface area contributed by atoms with Crippen LogP contribution in [0.2, 0.25) is 5.15 Å². The molecule has 9 rings (SSSR count). The number of rotatable bonds is 13. The highest BCUT2D eigenvalue weighted by Crippen LogP contribution is 2.46. The van der Waals surface area contributed by atoms with E-state index in [9.17, 15) is 19.2 Å². The third-order valence-electron chi connectivity index (χ3n) is 14.8. The van der Waals surface area contributed by atoms with E-state index in [1.54, 1.807) is 9.80 Å². The van der Waals surface area contributed by atoms with Crippen LogP contribution < -0.4 is 10.6 Å². The number of nitrogens with one attached hydrogen (secondary N) is 4. The predicted molar refractivity (Wildman–Crippen MR) is 261 cm³/mol. The zero-order valence-electron chi connectivity index (χ0n) is 39.3. The number of methoxy groups -OCH3 is 2. The van der Waals surface area contributed by atoms with Crippen molar-refractivity contribution in [3.8, 4) is 34.7 Å². The summed E-state index contributed by atoms with van der Waals surface area (Å²) in [6, 6.07) is 15.6. The SMILES string of the molecule is C#C[C@@H]1[C@H](C)C[C@@H](c2nc3c(ccc4cc(-c5ccc(-c6nc(CN(C(=O)C(NC(=O)OC)C7CCOCC7)[C@@H]7[C@H](C)[C@@H]7C=C)[nH]c6Cl)cc5)ccc43)[nH]2)N1C(=O)[C@@H](NC(=O)OC)C1CCOCC1. The van der Waals surface area contributed by atoms with Gasteiger partial charge in [0.1, 0.15) is 34.6 Å². The molecule has 4 N–H and O–H groups in total. The van der Waals surface area contributed by atoms with Gasteiger partial charge in [-0.15, -0.1) is 13.0 Å². The zero-order valence-corrected chi connectivity index (χ0v) is 40.1. The van der Waals surface area contributed by atoms with Gasteiger partial charge in [0.25, 0.3) is 0 Å². The van der Waals surface area contributed by atoms with E-state index in [0.29, 0.717) is 81.0 Å². The molecule has 1 aliphatic carbocycles. The number of imidazole rings is 2. The second-order valence-electron chi connectivity index (χ2n) is 18.8. The first-order valence-electron chi connectivity index (χ1n) is 23.8. The average Bonchev–Trinajstić information content (AvgIpc) is 3.67. The summed E-state index contributed by atoms with van der Waals surface area (Å²) in [6.07, 6.45) is 9.76. The number of carbonyl (C=O) groups is 4. The van der Waals surface area contributed by atoms with Gasteiger partial charge in [-0.2, -0.15) is 0 Å². The molecule has 4 fully saturated rings. The largest absolute Gasteiger partial charge is 0.453 e. The molecular weight excluding hydrogens is 900 g/mol. The van der Waals surface area contributed by atoms with Crippen molar-refractivity contribution in [3.63, 3.8) is 0 Å². The number of halogens is 1. The van der Waals surface area contributed by atoms with Crippen molar-refractivity contribution < 1.29 is 38.1 Å². The topological polar surface area (TPSA) is 193 Å². The first-order chi connectivity index (χ1) is 33.4. The Labute approximate surface area is 406 Å². The maximum absolute atomic E-state index is 14.6. The van der Waals surface area contributed by atoms with Gasteiger partial charge in [-0.05, 0) is 84.4 Å². The quantitative estimate of drug-likeness (QED) is 0.0669. The van der Waals surface area contributed by atoms with E-state index in [-0.39, 0.29) is 54.0 Å². The molecule has 2 aromatic heterocycles. The number of nitrogens with zero attached hydrogens (tertiary/aromatic N) is 4. The van der Waals surface area contributed by atoms with Crippen LogP contribution in [0.15, 0.2) is 67.3 Å². The van der Waals surface area contributed by atoms with Gasteiger partial charge in [-0.25, -0.2) is 19.6 Å². The number of aromatic nitrogens is 4. The van der Waals surface area contributed by atoms with E-state index >= 15 is 0 Å². The molecule has 4 aliphatic rings. The van der Waals surface area contributed by atoms with Gasteiger partial charge < -0.3 is 49.3 Å². The summed E-state index contributed by atoms with van der Waals surface area (Å²) >= 11 is 6.84. The van der Waals surface area contributed by atoms with E-state index in [0.717, 1.165) is 38.5 Å². The summed E-state index contributed by atoms with van der Waals surface area (Å²) in [5, 5.41) is 7.92. The molecule has 1 saturated carbocycles. The van der Waals surface area contributed by atoms with E-state index in [2.05, 4.69) is 64.3 Å². The molecule has 4 amide bonds. The third-order valence-corrected chi connectivity index (χ3v) is 15.0. The van der Waals surface area contributed by atoms with Crippen molar-refractivity contribution in [2.75, 3.05) is 40.6 Å². The monoisotopic (exact) mass is 958 g/mol. The number of ether oxygens (including phenoxy) is 4. The first-order valence-corrected chi connectivity index (χ1v) is 24.1. The van der Waals surface area contributed by atoms with Crippen LogP contribution in [0.5, 0.6) is 0 Å². The van der Waals surface area contributed by atoms with Crippen LogP contribution in [0.1, 0.15) is 63.6 Å². The Morgan fingerprint density at radius 1 is 0.899 bits per heavy atom. The van der Waals surface area contributed by atoms with Gasteiger partial charge in [-0.3, -0.25) is 9.59 Å². The molecule has 3 saturated heterocycles. The highest BCUT2D eigenvalue weighted by molar-refractivity contribution is 6.32. The molecule has 0 radical (unpaired) electrons. The van der Waals surface area contributed by atoms with Gasteiger partial charge in [0.2, 0.25) is 11.8 Å². The summed E-state index contributed by atoms with van der Waals surface area (Å²) in [5.41, 5.74) is 4.95. The number of H-pyrrole nitrogens is 2. The van der Waals surface area contributed by atoms with Gasteiger partial charge in [0.15, 0.2) is 0 Å². The summed E-state index contributed by atoms with van der Waals surface area (Å²) in [6.45, 7) is 10.3. The van der Waals surface area contributed by atoms with Crippen molar-refractivity contribution in [2.24, 2.45) is 29.6 Å². The smallest absolute Gasteiger partial charge is 0.407 e. The number of terminal acetylenes is 1. The van der Waals surface area contributed by atoms with Crippen molar-refractivity contribution in [3.05, 3.63) is 84.1 Å². The Morgan fingerprint density at radius 2 is 1.52 bits per heavy atom. The number of benzene rings is 3. The first kappa shape index (κ1) is 47.6. The molecular formula is C52H59ClN8O8. The summed E-state index contributed by atoms with van der Waals surface area (Å²) in [4.78, 5) is 74.3.